The molecule has 2 fully saturated rings. The van der Waals surface area contributed by atoms with Crippen LogP contribution in [0.4, 0.5) is 20.6 Å². The second-order valence-electron chi connectivity index (χ2n) is 10.1. The number of halogens is 1. The fourth-order valence-corrected chi connectivity index (χ4v) is 6.46. The Kier molecular flexibility index (Phi) is 6.07. The second-order valence-corrected chi connectivity index (χ2v) is 12.2. The summed E-state index contributed by atoms with van der Waals surface area (Å²) in [7, 11) is -0.867. The number of nitrogens with one attached hydrogen (secondary N) is 1. The van der Waals surface area contributed by atoms with Gasteiger partial charge in [0, 0.05) is 30.6 Å². The van der Waals surface area contributed by atoms with E-state index in [9.17, 15) is 9.18 Å². The van der Waals surface area contributed by atoms with Gasteiger partial charge in [-0.2, -0.15) is 0 Å². The maximum absolute atomic E-state index is 15.0. The van der Waals surface area contributed by atoms with Crippen molar-refractivity contribution >= 4 is 26.5 Å². The Morgan fingerprint density at radius 2 is 1.94 bits per heavy atom. The molecule has 5 nitrogen and oxygen atoms in total. The van der Waals surface area contributed by atoms with Crippen molar-refractivity contribution in [3.63, 3.8) is 0 Å². The average molecular weight is 456 g/mol. The minimum Gasteiger partial charge on any atom is -0.444 e. The van der Waals surface area contributed by atoms with Crippen LogP contribution in [0.5, 0.6) is 0 Å². The number of anilines is 2. The molecule has 0 bridgehead atoms. The van der Waals surface area contributed by atoms with Gasteiger partial charge in [-0.1, -0.05) is 51.1 Å². The molecule has 171 valence electrons. The first-order valence-electron chi connectivity index (χ1n) is 11.1. The number of rotatable bonds is 6. The van der Waals surface area contributed by atoms with Crippen molar-refractivity contribution in [2.45, 2.75) is 46.1 Å². The van der Waals surface area contributed by atoms with Crippen LogP contribution in [0.15, 0.2) is 48.5 Å². The molecule has 1 saturated carbocycles. The Morgan fingerprint density at radius 3 is 2.56 bits per heavy atom. The molecule has 1 heterocycles. The number of piperidine rings is 1. The summed E-state index contributed by atoms with van der Waals surface area (Å²) in [6.07, 6.45) is -0.607. The third kappa shape index (κ3) is 4.54. The number of hydrogen-bond acceptors (Lipinski definition) is 4. The molecular formula is C25H32FN2O3Si. The molecule has 7 heteroatoms. The zero-order chi connectivity index (χ0) is 23.1. The fraction of sp³-hybridized carbons (Fsp3) is 0.480. The number of ether oxygens (including phenoxy) is 1. The first kappa shape index (κ1) is 22.8. The molecule has 0 spiro atoms. The van der Waals surface area contributed by atoms with Gasteiger partial charge >= 0.3 is 6.09 Å². The van der Waals surface area contributed by atoms with E-state index in [4.69, 9.17) is 9.16 Å². The van der Waals surface area contributed by atoms with Crippen LogP contribution in [0.3, 0.4) is 0 Å². The number of carbonyl (C=O) groups excluding carboxylic acids is 1. The van der Waals surface area contributed by atoms with Gasteiger partial charge in [0.25, 0.3) is 0 Å². The van der Waals surface area contributed by atoms with Crippen molar-refractivity contribution in [3.8, 4) is 0 Å². The lowest BCUT2D eigenvalue weighted by Crippen LogP contribution is -2.38. The monoisotopic (exact) mass is 455 g/mol. The normalized spacial score (nSPS) is 24.4. The average Bonchev–Trinajstić information content (AvgIpc) is 3.17. The summed E-state index contributed by atoms with van der Waals surface area (Å²) in [4.78, 5) is 14.2. The van der Waals surface area contributed by atoms with Gasteiger partial charge in [0.1, 0.15) is 12.4 Å². The molecular weight excluding hydrogens is 423 g/mol. The highest BCUT2D eigenvalue weighted by Gasteiger charge is 2.73. The highest BCUT2D eigenvalue weighted by atomic mass is 28.3. The molecule has 1 aliphatic heterocycles. The summed E-state index contributed by atoms with van der Waals surface area (Å²) < 4.78 is 26.7. The molecule has 1 amide bonds. The number of fused-ring (bicyclic) bond motifs is 1. The third-order valence-electron chi connectivity index (χ3n) is 6.38. The van der Waals surface area contributed by atoms with Crippen LogP contribution in [0, 0.1) is 23.1 Å². The lowest BCUT2D eigenvalue weighted by Gasteiger charge is -2.31. The largest absolute Gasteiger partial charge is 0.444 e. The SMILES string of the molecule is C[Si](C)O[C@]12CN(c3ccc(NC(=O)OCc4ccccc4)cc3F)C[C@H]1[C@@H]2C(C)(C)C. The van der Waals surface area contributed by atoms with E-state index in [1.54, 1.807) is 12.1 Å². The maximum Gasteiger partial charge on any atom is 0.411 e. The first-order chi connectivity index (χ1) is 15.1. The van der Waals surface area contributed by atoms with Crippen molar-refractivity contribution in [1.29, 1.82) is 0 Å². The maximum atomic E-state index is 15.0. The highest BCUT2D eigenvalue weighted by molar-refractivity contribution is 6.48. The van der Waals surface area contributed by atoms with Gasteiger partial charge in [-0.15, -0.1) is 0 Å². The minimum absolute atomic E-state index is 0.164. The lowest BCUT2D eigenvalue weighted by atomic mass is 9.86. The van der Waals surface area contributed by atoms with Crippen LogP contribution in [-0.2, 0) is 15.8 Å². The van der Waals surface area contributed by atoms with Crippen LogP contribution in [-0.4, -0.2) is 33.8 Å². The van der Waals surface area contributed by atoms with Gasteiger partial charge in [0.15, 0.2) is 0 Å². The van der Waals surface area contributed by atoms with Crippen molar-refractivity contribution in [3.05, 3.63) is 59.9 Å². The van der Waals surface area contributed by atoms with E-state index in [1.807, 2.05) is 30.3 Å². The molecule has 1 N–H and O–H groups in total. The van der Waals surface area contributed by atoms with Crippen molar-refractivity contribution in [2.24, 2.45) is 17.3 Å². The van der Waals surface area contributed by atoms with Crippen LogP contribution in [0.2, 0.25) is 13.1 Å². The Morgan fingerprint density at radius 1 is 1.22 bits per heavy atom. The van der Waals surface area contributed by atoms with Crippen molar-refractivity contribution in [2.75, 3.05) is 23.3 Å². The minimum atomic E-state index is -0.867. The predicted molar refractivity (Wildman–Crippen MR) is 127 cm³/mol. The molecule has 2 aromatic rings. The van der Waals surface area contributed by atoms with E-state index in [-0.39, 0.29) is 23.4 Å². The number of amides is 1. The summed E-state index contributed by atoms with van der Waals surface area (Å²) in [6.45, 7) is 12.8. The van der Waals surface area contributed by atoms with Crippen LogP contribution < -0.4 is 10.2 Å². The quantitative estimate of drug-likeness (QED) is 0.568. The van der Waals surface area contributed by atoms with E-state index in [0.29, 0.717) is 29.8 Å². The summed E-state index contributed by atoms with van der Waals surface area (Å²) >= 11 is 0. The summed E-state index contributed by atoms with van der Waals surface area (Å²) in [5.74, 6) is 0.565. The topological polar surface area (TPSA) is 50.8 Å². The zero-order valence-corrected chi connectivity index (χ0v) is 20.4. The molecule has 2 aliphatic rings. The fourth-order valence-electron chi connectivity index (χ4n) is 5.36. The number of nitrogens with zero attached hydrogens (tertiary/aromatic N) is 1. The molecule has 2 aromatic carbocycles. The van der Waals surface area contributed by atoms with Crippen LogP contribution in [0.1, 0.15) is 26.3 Å². The van der Waals surface area contributed by atoms with Gasteiger partial charge < -0.3 is 14.1 Å². The third-order valence-corrected chi connectivity index (χ3v) is 7.17. The second kappa shape index (κ2) is 8.52. The van der Waals surface area contributed by atoms with E-state index >= 15 is 0 Å². The van der Waals surface area contributed by atoms with Crippen molar-refractivity contribution in [1.82, 2.24) is 0 Å². The molecule has 3 atom stereocenters. The zero-order valence-electron chi connectivity index (χ0n) is 19.4. The lowest BCUT2D eigenvalue weighted by molar-refractivity contribution is 0.137. The van der Waals surface area contributed by atoms with E-state index < -0.39 is 15.1 Å². The van der Waals surface area contributed by atoms with Gasteiger partial charge in [-0.3, -0.25) is 5.32 Å². The van der Waals surface area contributed by atoms with Gasteiger partial charge in [0.2, 0.25) is 9.04 Å². The smallest absolute Gasteiger partial charge is 0.411 e. The van der Waals surface area contributed by atoms with Crippen molar-refractivity contribution < 1.29 is 18.3 Å². The summed E-state index contributed by atoms with van der Waals surface area (Å²) in [5, 5.41) is 2.61. The highest BCUT2D eigenvalue weighted by Crippen LogP contribution is 2.65. The molecule has 0 aromatic heterocycles. The Bertz CT molecular complexity index is 979. The van der Waals surface area contributed by atoms with Crippen LogP contribution >= 0.6 is 0 Å². The molecule has 1 radical (unpaired) electrons. The predicted octanol–water partition coefficient (Wildman–Crippen LogP) is 5.69. The van der Waals surface area contributed by atoms with E-state index in [2.05, 4.69) is 44.1 Å². The Labute approximate surface area is 191 Å². The molecule has 1 aliphatic carbocycles. The van der Waals surface area contributed by atoms with Crippen LogP contribution in [0.25, 0.3) is 0 Å². The standard InChI is InChI=1S/C25H32FN2O3Si/c1-24(2,3)22-19-14-28(16-25(19,22)31-32(4)5)21-12-11-18(13-20(21)26)27-23(29)30-15-17-9-7-6-8-10-17/h6-13,19,22H,14-16H2,1-5H3,(H,27,29)/t19-,22+,25+/m0/s1. The van der Waals surface area contributed by atoms with E-state index in [1.165, 1.54) is 6.07 Å². The Balaban J connectivity index is 1.39. The summed E-state index contributed by atoms with van der Waals surface area (Å²) in [5.41, 5.74) is 1.82. The van der Waals surface area contributed by atoms with E-state index in [0.717, 1.165) is 12.1 Å². The number of benzene rings is 2. The number of carbonyl (C=O) groups is 1. The van der Waals surface area contributed by atoms with Gasteiger partial charge in [-0.25, -0.2) is 9.18 Å². The molecule has 32 heavy (non-hydrogen) atoms. The summed E-state index contributed by atoms with van der Waals surface area (Å²) in [6, 6.07) is 14.2. The number of hydrogen-bond donors (Lipinski definition) is 1. The molecule has 1 saturated heterocycles. The molecule has 4 rings (SSSR count). The Hall–Kier alpha value is -2.38. The first-order valence-corrected chi connectivity index (χ1v) is 13.5. The van der Waals surface area contributed by atoms with Gasteiger partial charge in [0.05, 0.1) is 11.3 Å². The molecule has 0 unspecified atom stereocenters. The van der Waals surface area contributed by atoms with Gasteiger partial charge in [-0.05, 0) is 42.3 Å².